The van der Waals surface area contributed by atoms with E-state index in [9.17, 15) is 18.4 Å². The molecule has 3 aromatic rings. The maximum atomic E-state index is 13.3. The molecule has 3 aromatic carbocycles. The molecule has 160 valence electrons. The fourth-order valence-electron chi connectivity index (χ4n) is 3.03. The summed E-state index contributed by atoms with van der Waals surface area (Å²) < 4.78 is 26.3. The highest BCUT2D eigenvalue weighted by atomic mass is 19.1. The highest BCUT2D eigenvalue weighted by Crippen LogP contribution is 2.18. The molecule has 31 heavy (non-hydrogen) atoms. The van der Waals surface area contributed by atoms with Gasteiger partial charge < -0.3 is 10.6 Å². The van der Waals surface area contributed by atoms with E-state index in [-0.39, 0.29) is 11.9 Å². The number of nitrogens with zero attached hydrogens (tertiary/aromatic N) is 1. The van der Waals surface area contributed by atoms with E-state index in [1.807, 2.05) is 25.1 Å². The van der Waals surface area contributed by atoms with Crippen LogP contribution in [0.15, 0.2) is 72.8 Å². The van der Waals surface area contributed by atoms with Gasteiger partial charge in [-0.2, -0.15) is 0 Å². The van der Waals surface area contributed by atoms with E-state index in [2.05, 4.69) is 10.6 Å². The fourth-order valence-corrected chi connectivity index (χ4v) is 3.03. The molecule has 0 spiro atoms. The summed E-state index contributed by atoms with van der Waals surface area (Å²) in [6, 6.07) is 18.0. The molecule has 2 N–H and O–H groups in total. The number of aryl methyl sites for hydroxylation is 1. The molecule has 0 bridgehead atoms. The number of carbonyl (C=O) groups is 2. The second-order valence-electron chi connectivity index (χ2n) is 7.04. The molecule has 0 aromatic heterocycles. The number of nitrogens with one attached hydrogen (secondary N) is 2. The topological polar surface area (TPSA) is 61.4 Å². The van der Waals surface area contributed by atoms with Crippen LogP contribution in [0, 0.1) is 18.6 Å². The van der Waals surface area contributed by atoms with Crippen molar-refractivity contribution in [2.45, 2.75) is 13.3 Å². The Balaban J connectivity index is 1.62. The number of benzene rings is 3. The van der Waals surface area contributed by atoms with Crippen molar-refractivity contribution >= 4 is 23.3 Å². The molecular weight excluding hydrogens is 400 g/mol. The molecule has 3 rings (SSSR count). The van der Waals surface area contributed by atoms with Crippen LogP contribution >= 0.6 is 0 Å². The average molecular weight is 423 g/mol. The predicted molar refractivity (Wildman–Crippen MR) is 117 cm³/mol. The van der Waals surface area contributed by atoms with Crippen LogP contribution in [0.25, 0.3) is 0 Å². The average Bonchev–Trinajstić information content (AvgIpc) is 2.75. The Bertz CT molecular complexity index is 1040. The summed E-state index contributed by atoms with van der Waals surface area (Å²) in [6.45, 7) is 2.54. The first-order valence-corrected chi connectivity index (χ1v) is 9.87. The molecule has 0 saturated carbocycles. The molecule has 0 atom stereocenters. The van der Waals surface area contributed by atoms with Crippen molar-refractivity contribution in [1.82, 2.24) is 5.32 Å². The Labute approximate surface area is 179 Å². The second-order valence-corrected chi connectivity index (χ2v) is 7.04. The zero-order valence-corrected chi connectivity index (χ0v) is 17.1. The number of carbonyl (C=O) groups excluding carboxylic acids is 2. The van der Waals surface area contributed by atoms with E-state index in [0.717, 1.165) is 5.56 Å². The van der Waals surface area contributed by atoms with Crippen LogP contribution < -0.4 is 15.5 Å². The van der Waals surface area contributed by atoms with Crippen LogP contribution in [-0.2, 0) is 0 Å². The lowest BCUT2D eigenvalue weighted by molar-refractivity contribution is 0.0953. The van der Waals surface area contributed by atoms with Crippen molar-refractivity contribution in [3.63, 3.8) is 0 Å². The van der Waals surface area contributed by atoms with Crippen molar-refractivity contribution in [3.05, 3.63) is 95.6 Å². The van der Waals surface area contributed by atoms with Crippen molar-refractivity contribution in [2.24, 2.45) is 0 Å². The van der Waals surface area contributed by atoms with E-state index < -0.39 is 11.6 Å². The van der Waals surface area contributed by atoms with Gasteiger partial charge in [-0.1, -0.05) is 12.1 Å². The molecule has 3 amide bonds. The number of hydrogen-bond acceptors (Lipinski definition) is 2. The number of urea groups is 1. The summed E-state index contributed by atoms with van der Waals surface area (Å²) in [7, 11) is 0. The summed E-state index contributed by atoms with van der Waals surface area (Å²) in [4.78, 5) is 26.5. The van der Waals surface area contributed by atoms with E-state index in [4.69, 9.17) is 0 Å². The highest BCUT2D eigenvalue weighted by molar-refractivity contribution is 6.01. The van der Waals surface area contributed by atoms with Gasteiger partial charge in [0, 0.05) is 30.0 Å². The zero-order chi connectivity index (χ0) is 22.2. The van der Waals surface area contributed by atoms with Crippen LogP contribution in [0.5, 0.6) is 0 Å². The van der Waals surface area contributed by atoms with Gasteiger partial charge in [-0.05, 0) is 79.6 Å². The number of rotatable bonds is 7. The molecule has 0 unspecified atom stereocenters. The maximum absolute atomic E-state index is 13.3. The number of halogens is 2. The maximum Gasteiger partial charge on any atom is 0.326 e. The standard InChI is InChI=1S/C24H23F2N3O2/c1-17-4-2-5-21(16-17)28-24(31)29(22-12-10-20(26)11-13-22)15-3-14-27-23(30)18-6-8-19(25)9-7-18/h2,4-13,16H,3,14-15H2,1H3,(H,27,30)(H,28,31). The van der Waals surface area contributed by atoms with Crippen molar-refractivity contribution in [3.8, 4) is 0 Å². The van der Waals surface area contributed by atoms with Crippen LogP contribution in [0.4, 0.5) is 25.0 Å². The van der Waals surface area contributed by atoms with Gasteiger partial charge in [0.1, 0.15) is 11.6 Å². The SMILES string of the molecule is Cc1cccc(NC(=O)N(CCCNC(=O)c2ccc(F)cc2)c2ccc(F)cc2)c1. The van der Waals surface area contributed by atoms with Gasteiger partial charge >= 0.3 is 6.03 Å². The molecule has 7 heteroatoms. The molecule has 5 nitrogen and oxygen atoms in total. The van der Waals surface area contributed by atoms with Crippen molar-refractivity contribution in [1.29, 1.82) is 0 Å². The van der Waals surface area contributed by atoms with E-state index >= 15 is 0 Å². The van der Waals surface area contributed by atoms with Gasteiger partial charge in [-0.15, -0.1) is 0 Å². The summed E-state index contributed by atoms with van der Waals surface area (Å²) in [5.41, 5.74) is 2.56. The van der Waals surface area contributed by atoms with Crippen molar-refractivity contribution < 1.29 is 18.4 Å². The molecule has 0 heterocycles. The third kappa shape index (κ3) is 6.37. The van der Waals surface area contributed by atoms with Gasteiger partial charge in [0.2, 0.25) is 0 Å². The monoisotopic (exact) mass is 423 g/mol. The Morgan fingerprint density at radius 2 is 1.55 bits per heavy atom. The van der Waals surface area contributed by atoms with Crippen molar-refractivity contribution in [2.75, 3.05) is 23.3 Å². The van der Waals surface area contributed by atoms with Crippen LogP contribution in [0.3, 0.4) is 0 Å². The van der Waals surface area contributed by atoms with Gasteiger partial charge in [-0.3, -0.25) is 9.69 Å². The highest BCUT2D eigenvalue weighted by Gasteiger charge is 2.16. The van der Waals surface area contributed by atoms with Crippen LogP contribution in [-0.4, -0.2) is 25.0 Å². The number of hydrogen-bond donors (Lipinski definition) is 2. The smallest absolute Gasteiger partial charge is 0.326 e. The summed E-state index contributed by atoms with van der Waals surface area (Å²) in [5.74, 6) is -1.13. The van der Waals surface area contributed by atoms with Gasteiger partial charge in [0.25, 0.3) is 5.91 Å². The largest absolute Gasteiger partial charge is 0.352 e. The molecule has 0 fully saturated rings. The second kappa shape index (κ2) is 10.3. The normalized spacial score (nSPS) is 10.4. The molecule has 0 saturated heterocycles. The van der Waals surface area contributed by atoms with Gasteiger partial charge in [-0.25, -0.2) is 13.6 Å². The van der Waals surface area contributed by atoms with Gasteiger partial charge in [0.15, 0.2) is 0 Å². The molecule has 0 radical (unpaired) electrons. The van der Waals surface area contributed by atoms with Crippen LogP contribution in [0.2, 0.25) is 0 Å². The molecular formula is C24H23F2N3O2. The minimum atomic E-state index is -0.411. The predicted octanol–water partition coefficient (Wildman–Crippen LogP) is 5.13. The Morgan fingerprint density at radius 1 is 0.903 bits per heavy atom. The first-order valence-electron chi connectivity index (χ1n) is 9.87. The lowest BCUT2D eigenvalue weighted by Crippen LogP contribution is -2.37. The van der Waals surface area contributed by atoms with Crippen LogP contribution in [0.1, 0.15) is 22.3 Å². The Hall–Kier alpha value is -3.74. The van der Waals surface area contributed by atoms with E-state index in [1.54, 1.807) is 6.07 Å². The third-order valence-corrected chi connectivity index (χ3v) is 4.60. The first kappa shape index (κ1) is 22.0. The number of anilines is 2. The fraction of sp³-hybridized carbons (Fsp3) is 0.167. The molecule has 0 aliphatic carbocycles. The first-order chi connectivity index (χ1) is 14.9. The Morgan fingerprint density at radius 3 is 2.19 bits per heavy atom. The summed E-state index contributed by atoms with van der Waals surface area (Å²) in [6.07, 6.45) is 0.464. The minimum absolute atomic E-state index is 0.299. The van der Waals surface area contributed by atoms with E-state index in [1.165, 1.54) is 53.4 Å². The molecule has 0 aliphatic heterocycles. The molecule has 0 aliphatic rings. The zero-order valence-electron chi connectivity index (χ0n) is 17.1. The van der Waals surface area contributed by atoms with E-state index in [0.29, 0.717) is 36.4 Å². The summed E-state index contributed by atoms with van der Waals surface area (Å²) in [5, 5.41) is 5.60. The third-order valence-electron chi connectivity index (χ3n) is 4.60. The number of amides is 3. The Kier molecular flexibility index (Phi) is 7.32. The lowest BCUT2D eigenvalue weighted by Gasteiger charge is -2.23. The lowest BCUT2D eigenvalue weighted by atomic mass is 10.2. The quantitative estimate of drug-likeness (QED) is 0.518. The minimum Gasteiger partial charge on any atom is -0.352 e. The van der Waals surface area contributed by atoms with Gasteiger partial charge in [0.05, 0.1) is 0 Å². The summed E-state index contributed by atoms with van der Waals surface area (Å²) >= 11 is 0.